The molecule has 0 spiro atoms. The van der Waals surface area contributed by atoms with Crippen LogP contribution in [0.4, 0.5) is 0 Å². The molecule has 0 aliphatic carbocycles. The summed E-state index contributed by atoms with van der Waals surface area (Å²) in [5, 5.41) is 18.6. The zero-order valence-corrected chi connectivity index (χ0v) is 12.4. The molecular weight excluding hydrogens is 286 g/mol. The number of aryl methyl sites for hydroxylation is 2. The van der Waals surface area contributed by atoms with E-state index in [2.05, 4.69) is 9.97 Å². The minimum atomic E-state index is -0.977. The number of carboxylic acid groups (broad SMARTS) is 1. The van der Waals surface area contributed by atoms with E-state index in [4.69, 9.17) is 5.26 Å². The quantitative estimate of drug-likeness (QED) is 0.873. The number of aromatic carboxylic acids is 1. The van der Waals surface area contributed by atoms with Crippen molar-refractivity contribution in [1.29, 1.82) is 5.26 Å². The first kappa shape index (κ1) is 15.0. The third-order valence-corrected chi connectivity index (χ3v) is 3.89. The summed E-state index contributed by atoms with van der Waals surface area (Å²) in [5.74, 6) is -0.442. The van der Waals surface area contributed by atoms with Crippen LogP contribution < -0.4 is 0 Å². The van der Waals surface area contributed by atoms with Crippen LogP contribution in [0.1, 0.15) is 32.9 Å². The molecule has 0 saturated carbocycles. The highest BCUT2D eigenvalue weighted by atomic mass is 32.2. The molecule has 0 fully saturated rings. The summed E-state index contributed by atoms with van der Waals surface area (Å²) >= 11 is 1.35. The van der Waals surface area contributed by atoms with E-state index in [9.17, 15) is 9.90 Å². The Hall–Kier alpha value is -2.39. The van der Waals surface area contributed by atoms with E-state index >= 15 is 0 Å². The summed E-state index contributed by atoms with van der Waals surface area (Å²) in [6.07, 6.45) is 1.57. The Morgan fingerprint density at radius 2 is 2.19 bits per heavy atom. The fraction of sp³-hybridized carbons (Fsp3) is 0.200. The van der Waals surface area contributed by atoms with Crippen LogP contribution in [0.25, 0.3) is 0 Å². The van der Waals surface area contributed by atoms with E-state index in [1.165, 1.54) is 11.8 Å². The molecule has 0 bridgehead atoms. The molecule has 0 unspecified atom stereocenters. The molecule has 2 aromatic rings. The van der Waals surface area contributed by atoms with Crippen molar-refractivity contribution in [3.05, 3.63) is 52.5 Å². The van der Waals surface area contributed by atoms with Crippen LogP contribution in [-0.4, -0.2) is 21.0 Å². The molecular formula is C15H13N3O2S. The summed E-state index contributed by atoms with van der Waals surface area (Å²) in [5.41, 5.74) is 2.97. The Morgan fingerprint density at radius 3 is 2.86 bits per heavy atom. The number of nitrogens with zero attached hydrogens (tertiary/aromatic N) is 3. The number of carbonyl (C=O) groups is 1. The smallest absolute Gasteiger partial charge is 0.338 e. The van der Waals surface area contributed by atoms with Crippen molar-refractivity contribution in [3.8, 4) is 6.07 Å². The predicted molar refractivity (Wildman–Crippen MR) is 79.2 cm³/mol. The molecule has 0 radical (unpaired) electrons. The van der Waals surface area contributed by atoms with Crippen molar-refractivity contribution in [1.82, 2.24) is 9.97 Å². The Bertz CT molecular complexity index is 738. The van der Waals surface area contributed by atoms with Crippen molar-refractivity contribution in [2.75, 3.05) is 0 Å². The van der Waals surface area contributed by atoms with Gasteiger partial charge in [0, 0.05) is 17.6 Å². The second-order valence-electron chi connectivity index (χ2n) is 4.52. The van der Waals surface area contributed by atoms with Gasteiger partial charge < -0.3 is 5.11 Å². The highest BCUT2D eigenvalue weighted by molar-refractivity contribution is 7.98. The fourth-order valence-corrected chi connectivity index (χ4v) is 3.03. The lowest BCUT2D eigenvalue weighted by molar-refractivity contribution is 0.0691. The number of pyridine rings is 2. The standard InChI is InChI=1S/C15H13N3O2S/c1-9-5-10(2)18-14(13(9)15(19)20)21-8-11-3-4-17-12(6-11)7-16/h3-6H,8H2,1-2H3,(H,19,20). The summed E-state index contributed by atoms with van der Waals surface area (Å²) < 4.78 is 0. The molecule has 0 saturated heterocycles. The van der Waals surface area contributed by atoms with Gasteiger partial charge in [0.05, 0.1) is 5.56 Å². The zero-order chi connectivity index (χ0) is 15.4. The molecule has 0 aromatic carbocycles. The number of carboxylic acids is 1. The molecule has 106 valence electrons. The Morgan fingerprint density at radius 1 is 1.43 bits per heavy atom. The number of nitriles is 1. The highest BCUT2D eigenvalue weighted by Gasteiger charge is 2.16. The van der Waals surface area contributed by atoms with Gasteiger partial charge in [0.2, 0.25) is 0 Å². The topological polar surface area (TPSA) is 86.9 Å². The molecule has 0 atom stereocenters. The molecule has 5 nitrogen and oxygen atoms in total. The van der Waals surface area contributed by atoms with Crippen molar-refractivity contribution < 1.29 is 9.90 Å². The molecule has 2 rings (SSSR count). The molecule has 0 amide bonds. The van der Waals surface area contributed by atoms with Crippen molar-refractivity contribution in [2.24, 2.45) is 0 Å². The van der Waals surface area contributed by atoms with Crippen LogP contribution in [0.15, 0.2) is 29.4 Å². The summed E-state index contributed by atoms with van der Waals surface area (Å²) in [6.45, 7) is 3.60. The van der Waals surface area contributed by atoms with Crippen LogP contribution in [0.2, 0.25) is 0 Å². The second-order valence-corrected chi connectivity index (χ2v) is 5.48. The maximum absolute atomic E-state index is 11.4. The van der Waals surface area contributed by atoms with Crippen molar-refractivity contribution in [2.45, 2.75) is 24.6 Å². The number of aromatic nitrogens is 2. The van der Waals surface area contributed by atoms with Gasteiger partial charge in [-0.1, -0.05) is 0 Å². The van der Waals surface area contributed by atoms with Gasteiger partial charge in [0.15, 0.2) is 0 Å². The number of rotatable bonds is 4. The van der Waals surface area contributed by atoms with E-state index in [0.717, 1.165) is 11.3 Å². The Kier molecular flexibility index (Phi) is 4.55. The molecule has 0 aliphatic heterocycles. The highest BCUT2D eigenvalue weighted by Crippen LogP contribution is 2.27. The van der Waals surface area contributed by atoms with Gasteiger partial charge in [-0.05, 0) is 43.2 Å². The Labute approximate surface area is 126 Å². The van der Waals surface area contributed by atoms with E-state index in [0.29, 0.717) is 22.0 Å². The lowest BCUT2D eigenvalue weighted by Crippen LogP contribution is -2.05. The Balaban J connectivity index is 2.27. The van der Waals surface area contributed by atoms with Gasteiger partial charge in [-0.2, -0.15) is 5.26 Å². The number of thioether (sulfide) groups is 1. The first-order chi connectivity index (χ1) is 10.0. The average molecular weight is 299 g/mol. The van der Waals surface area contributed by atoms with E-state index < -0.39 is 5.97 Å². The van der Waals surface area contributed by atoms with Gasteiger partial charge in [-0.3, -0.25) is 0 Å². The van der Waals surface area contributed by atoms with Crippen LogP contribution in [0.5, 0.6) is 0 Å². The van der Waals surface area contributed by atoms with Crippen LogP contribution in [0.3, 0.4) is 0 Å². The lowest BCUT2D eigenvalue weighted by Gasteiger charge is -2.09. The second kappa shape index (κ2) is 6.37. The van der Waals surface area contributed by atoms with Crippen LogP contribution in [0, 0.1) is 25.2 Å². The summed E-state index contributed by atoms with van der Waals surface area (Å²) in [7, 11) is 0. The van der Waals surface area contributed by atoms with Crippen LogP contribution >= 0.6 is 11.8 Å². The average Bonchev–Trinajstić information content (AvgIpc) is 2.44. The maximum atomic E-state index is 11.4. The minimum absolute atomic E-state index is 0.236. The van der Waals surface area contributed by atoms with E-state index in [1.54, 1.807) is 31.3 Å². The molecule has 2 aromatic heterocycles. The SMILES string of the molecule is Cc1cc(C)c(C(=O)O)c(SCc2ccnc(C#N)c2)n1. The monoisotopic (exact) mass is 299 g/mol. The van der Waals surface area contributed by atoms with Crippen molar-refractivity contribution in [3.63, 3.8) is 0 Å². The zero-order valence-electron chi connectivity index (χ0n) is 11.6. The molecule has 21 heavy (non-hydrogen) atoms. The molecule has 0 aliphatic rings. The summed E-state index contributed by atoms with van der Waals surface area (Å²) in [6, 6.07) is 7.23. The van der Waals surface area contributed by atoms with Gasteiger partial charge in [-0.15, -0.1) is 11.8 Å². The van der Waals surface area contributed by atoms with Gasteiger partial charge in [0.1, 0.15) is 16.8 Å². The first-order valence-electron chi connectivity index (χ1n) is 6.20. The molecule has 2 heterocycles. The molecule has 1 N–H and O–H groups in total. The third kappa shape index (κ3) is 3.58. The first-order valence-corrected chi connectivity index (χ1v) is 7.19. The van der Waals surface area contributed by atoms with E-state index in [1.807, 2.05) is 13.0 Å². The van der Waals surface area contributed by atoms with Gasteiger partial charge >= 0.3 is 5.97 Å². The summed E-state index contributed by atoms with van der Waals surface area (Å²) in [4.78, 5) is 19.6. The van der Waals surface area contributed by atoms with E-state index in [-0.39, 0.29) is 5.56 Å². The van der Waals surface area contributed by atoms with Gasteiger partial charge in [0.25, 0.3) is 0 Å². The minimum Gasteiger partial charge on any atom is -0.478 e. The van der Waals surface area contributed by atoms with Crippen molar-refractivity contribution >= 4 is 17.7 Å². The largest absolute Gasteiger partial charge is 0.478 e. The lowest BCUT2D eigenvalue weighted by atomic mass is 10.1. The third-order valence-electron chi connectivity index (χ3n) is 2.84. The van der Waals surface area contributed by atoms with Crippen LogP contribution in [-0.2, 0) is 5.75 Å². The predicted octanol–water partition coefficient (Wildman–Crippen LogP) is 2.96. The number of hydrogen-bond donors (Lipinski definition) is 1. The normalized spacial score (nSPS) is 10.1. The molecule has 6 heteroatoms. The number of hydrogen-bond acceptors (Lipinski definition) is 5. The maximum Gasteiger partial charge on any atom is 0.338 e. The van der Waals surface area contributed by atoms with Gasteiger partial charge in [-0.25, -0.2) is 14.8 Å². The fourth-order valence-electron chi connectivity index (χ4n) is 1.94.